The predicted molar refractivity (Wildman–Crippen MR) is 97.2 cm³/mol. The van der Waals surface area contributed by atoms with E-state index in [-0.39, 0.29) is 18.8 Å². The van der Waals surface area contributed by atoms with Gasteiger partial charge in [-0.15, -0.1) is 0 Å². The molecular formula is C21H19NO2. The highest BCUT2D eigenvalue weighted by Crippen LogP contribution is 2.41. The molecule has 4 aromatic carbocycles. The Labute approximate surface area is 140 Å². The average molecular weight is 317 g/mol. The molecule has 1 fully saturated rings. The van der Waals surface area contributed by atoms with E-state index in [2.05, 4.69) is 54.6 Å². The number of rotatable bonds is 2. The van der Waals surface area contributed by atoms with Crippen LogP contribution in [0.1, 0.15) is 18.0 Å². The third-order valence-corrected chi connectivity index (χ3v) is 5.37. The first kappa shape index (κ1) is 14.2. The molecule has 1 saturated heterocycles. The largest absolute Gasteiger partial charge is 0.394 e. The zero-order valence-electron chi connectivity index (χ0n) is 13.6. The van der Waals surface area contributed by atoms with Crippen molar-refractivity contribution in [2.24, 2.45) is 0 Å². The minimum atomic E-state index is -0.112. The molecule has 0 aromatic heterocycles. The van der Waals surface area contributed by atoms with Gasteiger partial charge in [-0.05, 0) is 44.3 Å². The monoisotopic (exact) mass is 317 g/mol. The molecule has 1 heterocycles. The van der Waals surface area contributed by atoms with Gasteiger partial charge >= 0.3 is 0 Å². The summed E-state index contributed by atoms with van der Waals surface area (Å²) in [5.74, 6) is 0. The van der Waals surface area contributed by atoms with Crippen molar-refractivity contribution >= 4 is 32.3 Å². The number of benzene rings is 4. The summed E-state index contributed by atoms with van der Waals surface area (Å²) in [4.78, 5) is 5.75. The van der Waals surface area contributed by atoms with Gasteiger partial charge in [-0.1, -0.05) is 54.6 Å². The Morgan fingerprint density at radius 2 is 1.62 bits per heavy atom. The highest BCUT2D eigenvalue weighted by molar-refractivity contribution is 6.23. The second kappa shape index (κ2) is 5.15. The van der Waals surface area contributed by atoms with Gasteiger partial charge in [0.15, 0.2) is 0 Å². The fraction of sp³-hybridized carbons (Fsp3) is 0.238. The maximum atomic E-state index is 9.43. The number of aliphatic hydroxyl groups excluding tert-OH is 1. The maximum Gasteiger partial charge on any atom is 0.104 e. The van der Waals surface area contributed by atoms with Crippen molar-refractivity contribution in [1.29, 1.82) is 0 Å². The van der Waals surface area contributed by atoms with Crippen molar-refractivity contribution < 1.29 is 9.94 Å². The van der Waals surface area contributed by atoms with Gasteiger partial charge in [0.2, 0.25) is 0 Å². The molecule has 3 nitrogen and oxygen atoms in total. The quantitative estimate of drug-likeness (QED) is 0.561. The third-order valence-electron chi connectivity index (χ3n) is 5.37. The first-order chi connectivity index (χ1) is 11.8. The Morgan fingerprint density at radius 3 is 2.33 bits per heavy atom. The van der Waals surface area contributed by atoms with Crippen LogP contribution in [0.2, 0.25) is 0 Å². The summed E-state index contributed by atoms with van der Waals surface area (Å²) in [5.41, 5.74) is 1.28. The van der Waals surface area contributed by atoms with Crippen LogP contribution in [0.4, 0.5) is 0 Å². The minimum absolute atomic E-state index is 0.0622. The molecule has 0 radical (unpaired) electrons. The lowest BCUT2D eigenvalue weighted by atomic mass is 9.89. The van der Waals surface area contributed by atoms with Gasteiger partial charge in [-0.3, -0.25) is 4.84 Å². The molecule has 0 unspecified atom stereocenters. The van der Waals surface area contributed by atoms with Crippen LogP contribution in [0, 0.1) is 0 Å². The summed E-state index contributed by atoms with van der Waals surface area (Å²) in [7, 11) is 1.96. The van der Waals surface area contributed by atoms with Crippen molar-refractivity contribution in [3.63, 3.8) is 0 Å². The van der Waals surface area contributed by atoms with Crippen LogP contribution in [0.3, 0.4) is 0 Å². The molecule has 1 N–H and O–H groups in total. The smallest absolute Gasteiger partial charge is 0.104 e. The maximum absolute atomic E-state index is 9.43. The van der Waals surface area contributed by atoms with E-state index >= 15 is 0 Å². The molecule has 4 aromatic rings. The van der Waals surface area contributed by atoms with Crippen LogP contribution in [0.5, 0.6) is 0 Å². The number of hydrogen-bond donors (Lipinski definition) is 1. The first-order valence-electron chi connectivity index (χ1n) is 8.43. The molecule has 5 rings (SSSR count). The predicted octanol–water partition coefficient (Wildman–Crippen LogP) is 4.25. The lowest BCUT2D eigenvalue weighted by Crippen LogP contribution is -2.18. The van der Waals surface area contributed by atoms with Crippen molar-refractivity contribution in [2.75, 3.05) is 13.7 Å². The first-order valence-corrected chi connectivity index (χ1v) is 8.43. The van der Waals surface area contributed by atoms with Crippen LogP contribution >= 0.6 is 0 Å². The van der Waals surface area contributed by atoms with Gasteiger partial charge in [-0.2, -0.15) is 5.06 Å². The number of nitrogens with zero attached hydrogens (tertiary/aromatic N) is 1. The van der Waals surface area contributed by atoms with Crippen LogP contribution < -0.4 is 0 Å². The standard InChI is InChI=1S/C21H19NO2/c1-22-19(11-16(12-23)24-22)17-9-7-15-6-5-13-3-2-4-14-8-10-18(17)21(15)20(13)14/h2-10,16,19,23H,11-12H2,1H3/t16-,19-/m1/s1. The van der Waals surface area contributed by atoms with Crippen molar-refractivity contribution in [1.82, 2.24) is 5.06 Å². The fourth-order valence-corrected chi connectivity index (χ4v) is 4.23. The number of hydrogen-bond acceptors (Lipinski definition) is 3. The molecule has 1 aliphatic rings. The lowest BCUT2D eigenvalue weighted by molar-refractivity contribution is -0.153. The van der Waals surface area contributed by atoms with E-state index in [0.29, 0.717) is 0 Å². The summed E-state index contributed by atoms with van der Waals surface area (Å²) < 4.78 is 0. The van der Waals surface area contributed by atoms with Gasteiger partial charge in [0.25, 0.3) is 0 Å². The minimum Gasteiger partial charge on any atom is -0.394 e. The summed E-state index contributed by atoms with van der Waals surface area (Å²) in [6, 6.07) is 19.9. The van der Waals surface area contributed by atoms with Gasteiger partial charge in [0.1, 0.15) is 6.10 Å². The molecule has 3 heteroatoms. The second-order valence-electron chi connectivity index (χ2n) is 6.72. The molecule has 0 amide bonds. The number of hydroxylamine groups is 2. The third kappa shape index (κ3) is 1.89. The van der Waals surface area contributed by atoms with Crippen molar-refractivity contribution in [3.8, 4) is 0 Å². The highest BCUT2D eigenvalue weighted by Gasteiger charge is 2.32. The van der Waals surface area contributed by atoms with Gasteiger partial charge in [0.05, 0.1) is 12.6 Å². The molecule has 0 bridgehead atoms. The molecular weight excluding hydrogens is 298 g/mol. The van der Waals surface area contributed by atoms with Gasteiger partial charge in [-0.25, -0.2) is 0 Å². The Balaban J connectivity index is 1.81. The zero-order valence-corrected chi connectivity index (χ0v) is 13.6. The summed E-state index contributed by atoms with van der Waals surface area (Å²) in [5, 5.41) is 19.1. The summed E-state index contributed by atoms with van der Waals surface area (Å²) in [6.07, 6.45) is 0.704. The molecule has 120 valence electrons. The van der Waals surface area contributed by atoms with E-state index in [0.717, 1.165) is 6.42 Å². The Bertz CT molecular complexity index is 1030. The van der Waals surface area contributed by atoms with Crippen LogP contribution in [-0.4, -0.2) is 29.9 Å². The van der Waals surface area contributed by atoms with E-state index in [1.807, 2.05) is 12.1 Å². The Hall–Kier alpha value is -2.20. The topological polar surface area (TPSA) is 32.7 Å². The summed E-state index contributed by atoms with van der Waals surface area (Å²) >= 11 is 0. The molecule has 2 atom stereocenters. The SMILES string of the molecule is CN1O[C@@H](CO)C[C@@H]1c1ccc2ccc3cccc4ccc1c2c34. The van der Waals surface area contributed by atoms with Gasteiger partial charge in [0, 0.05) is 7.05 Å². The molecule has 0 saturated carbocycles. The molecule has 0 aliphatic carbocycles. The Kier molecular flexibility index (Phi) is 3.04. The van der Waals surface area contributed by atoms with Crippen molar-refractivity contribution in [2.45, 2.75) is 18.6 Å². The van der Waals surface area contributed by atoms with E-state index < -0.39 is 0 Å². The molecule has 1 aliphatic heterocycles. The van der Waals surface area contributed by atoms with E-state index in [9.17, 15) is 5.11 Å². The van der Waals surface area contributed by atoms with Crippen LogP contribution in [0.25, 0.3) is 32.3 Å². The average Bonchev–Trinajstić information content (AvgIpc) is 3.00. The number of aliphatic hydroxyl groups is 1. The second-order valence-corrected chi connectivity index (χ2v) is 6.72. The fourth-order valence-electron chi connectivity index (χ4n) is 4.23. The van der Waals surface area contributed by atoms with Gasteiger partial charge < -0.3 is 5.11 Å². The van der Waals surface area contributed by atoms with E-state index in [1.54, 1.807) is 0 Å². The van der Waals surface area contributed by atoms with Crippen molar-refractivity contribution in [3.05, 3.63) is 60.2 Å². The Morgan fingerprint density at radius 1 is 0.958 bits per heavy atom. The summed E-state index contributed by atoms with van der Waals surface area (Å²) in [6.45, 7) is 0.0622. The molecule has 24 heavy (non-hydrogen) atoms. The highest BCUT2D eigenvalue weighted by atomic mass is 16.7. The molecule has 0 spiro atoms. The van der Waals surface area contributed by atoms with Crippen LogP contribution in [-0.2, 0) is 4.84 Å². The lowest BCUT2D eigenvalue weighted by Gasteiger charge is -2.21. The van der Waals surface area contributed by atoms with E-state index in [1.165, 1.54) is 37.9 Å². The zero-order chi connectivity index (χ0) is 16.3. The van der Waals surface area contributed by atoms with Crippen LogP contribution in [0.15, 0.2) is 54.6 Å². The normalized spacial score (nSPS) is 22.2. The van der Waals surface area contributed by atoms with E-state index in [4.69, 9.17) is 4.84 Å².